The summed E-state index contributed by atoms with van der Waals surface area (Å²) < 4.78 is 14.8. The van der Waals surface area contributed by atoms with E-state index in [2.05, 4.69) is 47.4 Å². The summed E-state index contributed by atoms with van der Waals surface area (Å²) in [5, 5.41) is 6.02. The Balaban J connectivity index is 1.11. The van der Waals surface area contributed by atoms with Gasteiger partial charge in [-0.1, -0.05) is 18.2 Å². The third kappa shape index (κ3) is 7.10. The first-order valence-electron chi connectivity index (χ1n) is 15.4. The van der Waals surface area contributed by atoms with Crippen molar-refractivity contribution >= 4 is 66.9 Å². The van der Waals surface area contributed by atoms with Crippen molar-refractivity contribution in [1.29, 1.82) is 0 Å². The number of amides is 5. The lowest BCUT2D eigenvalue weighted by Gasteiger charge is -2.41. The number of nitrogens with zero attached hydrogens (tertiary/aromatic N) is 4. The number of anilines is 3. The Labute approximate surface area is 284 Å². The average molecular weight is 758 g/mol. The van der Waals surface area contributed by atoms with E-state index < -0.39 is 6.04 Å². The van der Waals surface area contributed by atoms with Gasteiger partial charge in [0.05, 0.1) is 5.69 Å². The minimum absolute atomic E-state index is 0.0108. The van der Waals surface area contributed by atoms with Crippen LogP contribution in [-0.4, -0.2) is 84.0 Å². The molecule has 13 heteroatoms. The van der Waals surface area contributed by atoms with Crippen molar-refractivity contribution < 1.29 is 18.8 Å². The summed E-state index contributed by atoms with van der Waals surface area (Å²) in [5.74, 6) is -0.446. The Morgan fingerprint density at radius 1 is 0.935 bits per heavy atom. The van der Waals surface area contributed by atoms with E-state index in [0.29, 0.717) is 73.3 Å². The molecule has 3 heterocycles. The Bertz CT molecular complexity index is 1590. The zero-order valence-electron chi connectivity index (χ0n) is 25.2. The Morgan fingerprint density at radius 2 is 1.59 bits per heavy atom. The number of benzene rings is 3. The summed E-state index contributed by atoms with van der Waals surface area (Å²) in [4.78, 5) is 47.9. The maximum Gasteiger partial charge on any atom is 0.322 e. The van der Waals surface area contributed by atoms with Crippen LogP contribution in [0.3, 0.4) is 0 Å². The molecule has 10 nitrogen and oxygen atoms in total. The quantitative estimate of drug-likeness (QED) is 0.291. The van der Waals surface area contributed by atoms with Crippen molar-refractivity contribution in [2.45, 2.75) is 37.9 Å². The maximum absolute atomic E-state index is 14.0. The van der Waals surface area contributed by atoms with Gasteiger partial charge in [-0.25, -0.2) is 14.0 Å². The molecule has 6 rings (SSSR count). The van der Waals surface area contributed by atoms with E-state index in [4.69, 9.17) is 5.73 Å². The van der Waals surface area contributed by atoms with E-state index in [1.165, 1.54) is 12.1 Å². The van der Waals surface area contributed by atoms with Gasteiger partial charge in [-0.05, 0) is 98.3 Å². The third-order valence-corrected chi connectivity index (χ3v) is 10.3. The smallest absolute Gasteiger partial charge is 0.322 e. The summed E-state index contributed by atoms with van der Waals surface area (Å²) in [5.41, 5.74) is 10.3. The van der Waals surface area contributed by atoms with Gasteiger partial charge in [0.25, 0.3) is 0 Å². The normalized spacial score (nSPS) is 17.8. The molecule has 4 N–H and O–H groups in total. The van der Waals surface area contributed by atoms with Crippen LogP contribution in [0.2, 0.25) is 0 Å². The van der Waals surface area contributed by atoms with Crippen LogP contribution in [0.5, 0.6) is 0 Å². The SMILES string of the molecule is Nc1c(Br)cc(C[C@@H](NC(=O)N2CCC(N3Cc4ccccc4NC3=O)CC2)C(=O)N2CCN(c3ccc(F)cc3)CC2)cc1Br. The number of fused-ring (bicyclic) bond motifs is 1. The average Bonchev–Trinajstić information content (AvgIpc) is 3.06. The van der Waals surface area contributed by atoms with Gasteiger partial charge in [-0.3, -0.25) is 4.79 Å². The van der Waals surface area contributed by atoms with Gasteiger partial charge in [0.2, 0.25) is 5.91 Å². The monoisotopic (exact) mass is 755 g/mol. The van der Waals surface area contributed by atoms with Gasteiger partial charge in [0.15, 0.2) is 0 Å². The van der Waals surface area contributed by atoms with Crippen LogP contribution in [0.25, 0.3) is 0 Å². The molecule has 2 saturated heterocycles. The standard InChI is InChI=1S/C33H36Br2FN7O3/c34-26-17-21(18-27(35)30(26)37)19-29(31(44)41-15-13-40(14-16-41)24-7-5-23(36)6-8-24)39-32(45)42-11-9-25(10-12-42)43-20-22-3-1-2-4-28(22)38-33(43)46/h1-8,17-18,25,29H,9-16,19-20,37H2,(H,38,46)(H,39,45)/t29-/m1/s1. The van der Waals surface area contributed by atoms with Crippen molar-refractivity contribution in [3.63, 3.8) is 0 Å². The number of nitrogens with one attached hydrogen (secondary N) is 2. The fourth-order valence-electron chi connectivity index (χ4n) is 6.39. The fraction of sp³-hybridized carbons (Fsp3) is 0.364. The molecule has 5 amide bonds. The van der Waals surface area contributed by atoms with E-state index in [1.54, 1.807) is 21.9 Å². The highest BCUT2D eigenvalue weighted by atomic mass is 79.9. The minimum Gasteiger partial charge on any atom is -0.397 e. The van der Waals surface area contributed by atoms with E-state index in [9.17, 15) is 18.8 Å². The first-order chi connectivity index (χ1) is 22.2. The lowest BCUT2D eigenvalue weighted by molar-refractivity contribution is -0.133. The second-order valence-corrected chi connectivity index (χ2v) is 13.6. The molecule has 0 bridgehead atoms. The van der Waals surface area contributed by atoms with Gasteiger partial charge in [-0.2, -0.15) is 0 Å². The molecule has 1 atom stereocenters. The van der Waals surface area contributed by atoms with E-state index in [-0.39, 0.29) is 36.2 Å². The highest BCUT2D eigenvalue weighted by molar-refractivity contribution is 9.11. The molecule has 0 saturated carbocycles. The van der Waals surface area contributed by atoms with Crippen molar-refractivity contribution in [3.05, 3.63) is 86.6 Å². The number of likely N-dealkylation sites (tertiary alicyclic amines) is 1. The molecule has 3 aromatic rings. The van der Waals surface area contributed by atoms with Gasteiger partial charge in [0.1, 0.15) is 11.9 Å². The molecular weight excluding hydrogens is 721 g/mol. The molecule has 3 aromatic carbocycles. The Kier molecular flexibility index (Phi) is 9.69. The van der Waals surface area contributed by atoms with Gasteiger partial charge in [-0.15, -0.1) is 0 Å². The number of nitrogen functional groups attached to an aromatic ring is 1. The van der Waals surface area contributed by atoms with E-state index >= 15 is 0 Å². The number of para-hydroxylation sites is 1. The van der Waals surface area contributed by atoms with Crippen LogP contribution >= 0.6 is 31.9 Å². The summed E-state index contributed by atoms with van der Waals surface area (Å²) in [6.07, 6.45) is 1.57. The molecule has 0 aromatic heterocycles. The maximum atomic E-state index is 14.0. The molecule has 3 aliphatic rings. The Hall–Kier alpha value is -3.84. The van der Waals surface area contributed by atoms with Crippen molar-refractivity contribution in [2.75, 3.05) is 55.2 Å². The van der Waals surface area contributed by atoms with Crippen LogP contribution in [0.4, 0.5) is 31.0 Å². The van der Waals surface area contributed by atoms with Crippen LogP contribution in [0.15, 0.2) is 69.6 Å². The lowest BCUT2D eigenvalue weighted by Crippen LogP contribution is -2.58. The zero-order valence-corrected chi connectivity index (χ0v) is 28.4. The molecule has 242 valence electrons. The molecule has 3 aliphatic heterocycles. The molecule has 0 aliphatic carbocycles. The summed E-state index contributed by atoms with van der Waals surface area (Å²) in [6.45, 7) is 3.62. The van der Waals surface area contributed by atoms with Gasteiger partial charge < -0.3 is 36.0 Å². The van der Waals surface area contributed by atoms with Crippen LogP contribution in [0, 0.1) is 5.82 Å². The highest BCUT2D eigenvalue weighted by Crippen LogP contribution is 2.31. The van der Waals surface area contributed by atoms with Crippen molar-refractivity contribution in [2.24, 2.45) is 0 Å². The largest absolute Gasteiger partial charge is 0.397 e. The molecule has 0 unspecified atom stereocenters. The highest BCUT2D eigenvalue weighted by Gasteiger charge is 2.35. The molecule has 46 heavy (non-hydrogen) atoms. The van der Waals surface area contributed by atoms with Gasteiger partial charge in [0, 0.05) is 78.6 Å². The summed E-state index contributed by atoms with van der Waals surface area (Å²) in [6, 6.07) is 16.7. The lowest BCUT2D eigenvalue weighted by atomic mass is 10.0. The van der Waals surface area contributed by atoms with E-state index in [0.717, 1.165) is 22.5 Å². The molecular formula is C33H36Br2FN7O3. The zero-order chi connectivity index (χ0) is 32.4. The molecule has 2 fully saturated rings. The molecule has 0 spiro atoms. The van der Waals surface area contributed by atoms with Crippen molar-refractivity contribution in [1.82, 2.24) is 20.0 Å². The number of urea groups is 2. The predicted molar refractivity (Wildman–Crippen MR) is 183 cm³/mol. The van der Waals surface area contributed by atoms with Crippen molar-refractivity contribution in [3.8, 4) is 0 Å². The second-order valence-electron chi connectivity index (χ2n) is 11.9. The number of rotatable bonds is 6. The Morgan fingerprint density at radius 3 is 2.26 bits per heavy atom. The van der Waals surface area contributed by atoms with Gasteiger partial charge >= 0.3 is 12.1 Å². The first-order valence-corrected chi connectivity index (χ1v) is 17.0. The number of hydrogen-bond acceptors (Lipinski definition) is 5. The number of carbonyl (C=O) groups excluding carboxylic acids is 3. The van der Waals surface area contributed by atoms with Crippen LogP contribution in [0.1, 0.15) is 24.0 Å². The second kappa shape index (κ2) is 13.9. The number of halogens is 3. The number of piperazine rings is 1. The number of carbonyl (C=O) groups is 3. The molecule has 0 radical (unpaired) electrons. The summed E-state index contributed by atoms with van der Waals surface area (Å²) in [7, 11) is 0. The van der Waals surface area contributed by atoms with Crippen LogP contribution in [-0.2, 0) is 17.8 Å². The van der Waals surface area contributed by atoms with Crippen LogP contribution < -0.4 is 21.3 Å². The summed E-state index contributed by atoms with van der Waals surface area (Å²) >= 11 is 6.98. The number of piperidine rings is 1. The third-order valence-electron chi connectivity index (χ3n) is 9.01. The first kappa shape index (κ1) is 32.1. The minimum atomic E-state index is -0.797. The predicted octanol–water partition coefficient (Wildman–Crippen LogP) is 5.41. The van der Waals surface area contributed by atoms with E-state index in [1.807, 2.05) is 41.3 Å². The number of hydrogen-bond donors (Lipinski definition) is 3. The topological polar surface area (TPSA) is 114 Å². The fourth-order valence-corrected chi connectivity index (χ4v) is 7.67. The number of nitrogens with two attached hydrogens (primary N) is 1.